The zero-order valence-corrected chi connectivity index (χ0v) is 12.6. The first-order chi connectivity index (χ1) is 9.11. The summed E-state index contributed by atoms with van der Waals surface area (Å²) in [5.41, 5.74) is 1.01. The Bertz CT molecular complexity index is 425. The molecule has 3 atom stereocenters. The summed E-state index contributed by atoms with van der Waals surface area (Å²) in [6, 6.07) is 5.58. The van der Waals surface area contributed by atoms with E-state index in [1.165, 1.54) is 0 Å². The highest BCUT2D eigenvalue weighted by atomic mass is 35.5. The molecule has 1 aromatic carbocycles. The van der Waals surface area contributed by atoms with Crippen molar-refractivity contribution in [1.29, 1.82) is 0 Å². The fourth-order valence-electron chi connectivity index (χ4n) is 2.03. The Morgan fingerprint density at radius 1 is 1.32 bits per heavy atom. The lowest BCUT2D eigenvalue weighted by atomic mass is 9.91. The number of alkyl halides is 1. The second-order valence-corrected chi connectivity index (χ2v) is 5.64. The fraction of sp³-hybridized carbons (Fsp3) is 0.571. The molecule has 0 spiro atoms. The molecule has 1 aliphatic carbocycles. The molecule has 2 rings (SSSR count). The number of hydrogen-bond acceptors (Lipinski definition) is 3. The standard InChI is InChI=1S/C14H18Cl2O3/c1-9-7-10(15)3-4-12(9)19-13-8-11(16)14(13)18-6-5-17-2/h3-4,7,11,13-14H,5-6,8H2,1-2H3. The highest BCUT2D eigenvalue weighted by Gasteiger charge is 2.42. The Hall–Kier alpha value is -0.480. The van der Waals surface area contributed by atoms with E-state index < -0.39 is 0 Å². The van der Waals surface area contributed by atoms with Crippen LogP contribution in [0.25, 0.3) is 0 Å². The SMILES string of the molecule is COCCOC1C(Cl)CC1Oc1ccc(Cl)cc1C. The van der Waals surface area contributed by atoms with Gasteiger partial charge in [-0.3, -0.25) is 0 Å². The van der Waals surface area contributed by atoms with Crippen molar-refractivity contribution in [2.45, 2.75) is 30.9 Å². The van der Waals surface area contributed by atoms with E-state index in [1.54, 1.807) is 7.11 Å². The van der Waals surface area contributed by atoms with Gasteiger partial charge in [0.05, 0.1) is 18.6 Å². The van der Waals surface area contributed by atoms with Crippen molar-refractivity contribution in [3.8, 4) is 5.75 Å². The Labute approximate surface area is 123 Å². The first-order valence-corrected chi connectivity index (χ1v) is 7.10. The Balaban J connectivity index is 1.91. The van der Waals surface area contributed by atoms with E-state index in [1.807, 2.05) is 25.1 Å². The summed E-state index contributed by atoms with van der Waals surface area (Å²) in [6.45, 7) is 3.06. The predicted molar refractivity (Wildman–Crippen MR) is 76.5 cm³/mol. The van der Waals surface area contributed by atoms with E-state index in [2.05, 4.69) is 0 Å². The molecule has 0 saturated heterocycles. The van der Waals surface area contributed by atoms with Crippen molar-refractivity contribution >= 4 is 23.2 Å². The highest BCUT2D eigenvalue weighted by Crippen LogP contribution is 2.34. The smallest absolute Gasteiger partial charge is 0.128 e. The van der Waals surface area contributed by atoms with Gasteiger partial charge in [0.15, 0.2) is 0 Å². The lowest BCUT2D eigenvalue weighted by Crippen LogP contribution is -2.53. The molecule has 5 heteroatoms. The van der Waals surface area contributed by atoms with Gasteiger partial charge in [0, 0.05) is 18.6 Å². The van der Waals surface area contributed by atoms with E-state index in [4.69, 9.17) is 37.4 Å². The van der Waals surface area contributed by atoms with Crippen LogP contribution in [0.1, 0.15) is 12.0 Å². The summed E-state index contributed by atoms with van der Waals surface area (Å²) in [7, 11) is 1.65. The molecule has 3 nitrogen and oxygen atoms in total. The number of aryl methyl sites for hydroxylation is 1. The molecule has 0 amide bonds. The first kappa shape index (κ1) is 14.9. The number of halogens is 2. The van der Waals surface area contributed by atoms with Gasteiger partial charge in [-0.1, -0.05) is 11.6 Å². The summed E-state index contributed by atoms with van der Waals surface area (Å²) in [6.07, 6.45) is 0.715. The summed E-state index contributed by atoms with van der Waals surface area (Å²) >= 11 is 12.1. The average molecular weight is 305 g/mol. The number of rotatable bonds is 6. The zero-order chi connectivity index (χ0) is 13.8. The van der Waals surface area contributed by atoms with Crippen LogP contribution in [-0.2, 0) is 9.47 Å². The van der Waals surface area contributed by atoms with Crippen LogP contribution in [0.4, 0.5) is 0 Å². The number of ether oxygens (including phenoxy) is 3. The minimum Gasteiger partial charge on any atom is -0.487 e. The molecule has 19 heavy (non-hydrogen) atoms. The minimum atomic E-state index is -0.0769. The number of hydrogen-bond donors (Lipinski definition) is 0. The van der Waals surface area contributed by atoms with Crippen molar-refractivity contribution in [2.24, 2.45) is 0 Å². The molecule has 0 heterocycles. The molecule has 1 aliphatic rings. The molecule has 0 aliphatic heterocycles. The molecule has 0 bridgehead atoms. The van der Waals surface area contributed by atoms with Gasteiger partial charge in [0.25, 0.3) is 0 Å². The van der Waals surface area contributed by atoms with Gasteiger partial charge >= 0.3 is 0 Å². The van der Waals surface area contributed by atoms with Gasteiger partial charge in [0.1, 0.15) is 18.0 Å². The summed E-state index contributed by atoms with van der Waals surface area (Å²) in [4.78, 5) is 0. The van der Waals surface area contributed by atoms with E-state index >= 15 is 0 Å². The second kappa shape index (κ2) is 6.80. The maximum absolute atomic E-state index is 6.15. The predicted octanol–water partition coefficient (Wildman–Crippen LogP) is 3.44. The quantitative estimate of drug-likeness (QED) is 0.595. The van der Waals surface area contributed by atoms with E-state index in [9.17, 15) is 0 Å². The normalized spacial score (nSPS) is 26.0. The first-order valence-electron chi connectivity index (χ1n) is 6.29. The third-order valence-corrected chi connectivity index (χ3v) is 3.86. The molecule has 3 unspecified atom stereocenters. The Morgan fingerprint density at radius 3 is 2.74 bits per heavy atom. The van der Waals surface area contributed by atoms with Crippen LogP contribution < -0.4 is 4.74 Å². The molecular formula is C14H18Cl2O3. The topological polar surface area (TPSA) is 27.7 Å². The Morgan fingerprint density at radius 2 is 2.11 bits per heavy atom. The Kier molecular flexibility index (Phi) is 5.34. The lowest BCUT2D eigenvalue weighted by molar-refractivity contribution is -0.0900. The van der Waals surface area contributed by atoms with E-state index in [-0.39, 0.29) is 17.6 Å². The summed E-state index contributed by atoms with van der Waals surface area (Å²) in [5.74, 6) is 0.832. The van der Waals surface area contributed by atoms with E-state index in [0.717, 1.165) is 17.7 Å². The van der Waals surface area contributed by atoms with Crippen LogP contribution in [0.2, 0.25) is 5.02 Å². The third-order valence-electron chi connectivity index (χ3n) is 3.19. The minimum absolute atomic E-state index is 0.000711. The zero-order valence-electron chi connectivity index (χ0n) is 11.1. The van der Waals surface area contributed by atoms with Gasteiger partial charge in [-0.2, -0.15) is 0 Å². The molecule has 1 fully saturated rings. The van der Waals surface area contributed by atoms with Crippen LogP contribution in [0, 0.1) is 6.92 Å². The summed E-state index contributed by atoms with van der Waals surface area (Å²) < 4.78 is 16.6. The van der Waals surface area contributed by atoms with Crippen molar-refractivity contribution in [1.82, 2.24) is 0 Å². The van der Waals surface area contributed by atoms with Gasteiger partial charge in [-0.25, -0.2) is 0 Å². The molecule has 0 radical (unpaired) electrons. The van der Waals surface area contributed by atoms with Crippen LogP contribution in [-0.4, -0.2) is 37.9 Å². The molecule has 1 saturated carbocycles. The third kappa shape index (κ3) is 3.76. The van der Waals surface area contributed by atoms with Crippen molar-refractivity contribution in [3.63, 3.8) is 0 Å². The van der Waals surface area contributed by atoms with Crippen LogP contribution in [0.15, 0.2) is 18.2 Å². The maximum atomic E-state index is 6.15. The number of methoxy groups -OCH3 is 1. The van der Waals surface area contributed by atoms with Gasteiger partial charge < -0.3 is 14.2 Å². The van der Waals surface area contributed by atoms with Crippen molar-refractivity contribution < 1.29 is 14.2 Å². The molecule has 1 aromatic rings. The number of benzene rings is 1. The largest absolute Gasteiger partial charge is 0.487 e. The van der Waals surface area contributed by atoms with E-state index in [0.29, 0.717) is 18.2 Å². The molecule has 106 valence electrons. The average Bonchev–Trinajstić information content (AvgIpc) is 2.37. The van der Waals surface area contributed by atoms with Crippen LogP contribution in [0.5, 0.6) is 5.75 Å². The maximum Gasteiger partial charge on any atom is 0.128 e. The summed E-state index contributed by atoms with van der Waals surface area (Å²) in [5, 5.41) is 0.719. The van der Waals surface area contributed by atoms with Gasteiger partial charge in [0.2, 0.25) is 0 Å². The van der Waals surface area contributed by atoms with Crippen LogP contribution in [0.3, 0.4) is 0 Å². The van der Waals surface area contributed by atoms with Gasteiger partial charge in [-0.15, -0.1) is 11.6 Å². The lowest BCUT2D eigenvalue weighted by Gasteiger charge is -2.40. The highest BCUT2D eigenvalue weighted by molar-refractivity contribution is 6.30. The van der Waals surface area contributed by atoms with Crippen molar-refractivity contribution in [2.75, 3.05) is 20.3 Å². The van der Waals surface area contributed by atoms with Crippen molar-refractivity contribution in [3.05, 3.63) is 28.8 Å². The van der Waals surface area contributed by atoms with Gasteiger partial charge in [-0.05, 0) is 30.7 Å². The molecular weight excluding hydrogens is 287 g/mol. The second-order valence-electron chi connectivity index (χ2n) is 4.65. The fourth-order valence-corrected chi connectivity index (χ4v) is 2.67. The van der Waals surface area contributed by atoms with Crippen LogP contribution >= 0.6 is 23.2 Å². The monoisotopic (exact) mass is 304 g/mol. The molecule has 0 N–H and O–H groups in total. The molecule has 0 aromatic heterocycles.